The molecule has 0 fully saturated rings. The first-order valence-corrected chi connectivity index (χ1v) is 6.54. The zero-order valence-corrected chi connectivity index (χ0v) is 11.7. The molecule has 2 aromatic heterocycles. The number of rotatable bonds is 2. The van der Waals surface area contributed by atoms with E-state index >= 15 is 0 Å². The number of H-pyrrole nitrogens is 1. The molecule has 1 atom stereocenters. The summed E-state index contributed by atoms with van der Waals surface area (Å²) in [5, 5.41) is 6.72. The molecule has 108 valence electrons. The van der Waals surface area contributed by atoms with Crippen LogP contribution in [0.3, 0.4) is 0 Å². The quantitative estimate of drug-likeness (QED) is 0.757. The number of aromatic nitrogens is 4. The lowest BCUT2D eigenvalue weighted by molar-refractivity contribution is 0.628. The zero-order valence-electron chi connectivity index (χ0n) is 11.0. The van der Waals surface area contributed by atoms with Crippen LogP contribution in [0, 0.1) is 5.82 Å². The average Bonchev–Trinajstić information content (AvgIpc) is 2.92. The number of nitrogens with zero attached hydrogens (tertiary/aromatic N) is 3. The summed E-state index contributed by atoms with van der Waals surface area (Å²) in [4.78, 5) is 17.0. The van der Waals surface area contributed by atoms with E-state index in [0.717, 1.165) is 12.1 Å². The first-order valence-electron chi connectivity index (χ1n) is 6.16. The third kappa shape index (κ3) is 2.20. The Kier molecular flexibility index (Phi) is 3.23. The van der Waals surface area contributed by atoms with E-state index in [0.29, 0.717) is 11.6 Å². The van der Waals surface area contributed by atoms with Gasteiger partial charge in [-0.3, -0.25) is 9.89 Å². The van der Waals surface area contributed by atoms with Crippen molar-refractivity contribution in [3.63, 3.8) is 0 Å². The van der Waals surface area contributed by atoms with E-state index in [1.807, 2.05) is 0 Å². The number of halogens is 2. The maximum absolute atomic E-state index is 13.5. The highest BCUT2D eigenvalue weighted by Gasteiger charge is 2.18. The SMILES string of the molecule is C[C@H](N)c1nc2c(Cl)cc(F)cc2c(=O)n1-c1cc[nH]n1. The molecule has 2 heterocycles. The fourth-order valence-electron chi connectivity index (χ4n) is 2.14. The Morgan fingerprint density at radius 2 is 2.24 bits per heavy atom. The maximum Gasteiger partial charge on any atom is 0.267 e. The van der Waals surface area contributed by atoms with Crippen molar-refractivity contribution in [3.8, 4) is 5.82 Å². The van der Waals surface area contributed by atoms with Crippen LogP contribution < -0.4 is 11.3 Å². The van der Waals surface area contributed by atoms with Gasteiger partial charge in [0.05, 0.1) is 22.0 Å². The minimum atomic E-state index is -0.603. The van der Waals surface area contributed by atoms with E-state index in [2.05, 4.69) is 15.2 Å². The molecule has 21 heavy (non-hydrogen) atoms. The molecule has 0 bridgehead atoms. The van der Waals surface area contributed by atoms with Crippen molar-refractivity contribution in [2.24, 2.45) is 5.73 Å². The Labute approximate surface area is 123 Å². The van der Waals surface area contributed by atoms with Gasteiger partial charge >= 0.3 is 0 Å². The largest absolute Gasteiger partial charge is 0.322 e. The molecule has 0 aliphatic heterocycles. The molecule has 0 radical (unpaired) electrons. The molecule has 6 nitrogen and oxygen atoms in total. The van der Waals surface area contributed by atoms with Crippen LogP contribution in [0.2, 0.25) is 5.02 Å². The van der Waals surface area contributed by atoms with E-state index in [-0.39, 0.29) is 15.9 Å². The predicted octanol–water partition coefficient (Wildman–Crippen LogP) is 1.92. The molecular formula is C13H11ClFN5O. The van der Waals surface area contributed by atoms with Gasteiger partial charge in [-0.15, -0.1) is 0 Å². The number of benzene rings is 1. The second-order valence-corrected chi connectivity index (χ2v) is 5.02. The molecule has 0 saturated carbocycles. The molecule has 0 unspecified atom stereocenters. The van der Waals surface area contributed by atoms with Crippen molar-refractivity contribution in [2.75, 3.05) is 0 Å². The lowest BCUT2D eigenvalue weighted by Crippen LogP contribution is -2.28. The highest BCUT2D eigenvalue weighted by Crippen LogP contribution is 2.23. The number of aromatic amines is 1. The van der Waals surface area contributed by atoms with Gasteiger partial charge in [-0.25, -0.2) is 13.9 Å². The van der Waals surface area contributed by atoms with Crippen molar-refractivity contribution in [2.45, 2.75) is 13.0 Å². The maximum atomic E-state index is 13.5. The third-order valence-electron chi connectivity index (χ3n) is 3.04. The molecule has 0 spiro atoms. The van der Waals surface area contributed by atoms with Crippen LogP contribution in [0.25, 0.3) is 16.7 Å². The standard InChI is InChI=1S/C13H11ClFN5O/c1-6(16)12-18-11-8(4-7(15)5-9(11)14)13(21)20(12)10-2-3-17-19-10/h2-6H,16H2,1H3,(H,17,19)/t6-/m0/s1. The molecule has 3 N–H and O–H groups in total. The van der Waals surface area contributed by atoms with Gasteiger partial charge in [0.25, 0.3) is 5.56 Å². The molecule has 3 aromatic rings. The zero-order chi connectivity index (χ0) is 15.1. The van der Waals surface area contributed by atoms with Gasteiger partial charge in [0.1, 0.15) is 11.6 Å². The van der Waals surface area contributed by atoms with Crippen molar-refractivity contribution >= 4 is 22.5 Å². The van der Waals surface area contributed by atoms with Crippen LogP contribution in [0.5, 0.6) is 0 Å². The van der Waals surface area contributed by atoms with Crippen LogP contribution in [-0.2, 0) is 0 Å². The summed E-state index contributed by atoms with van der Waals surface area (Å²) in [6.45, 7) is 1.69. The summed E-state index contributed by atoms with van der Waals surface area (Å²) in [5.41, 5.74) is 5.64. The van der Waals surface area contributed by atoms with E-state index in [1.54, 1.807) is 19.2 Å². The third-order valence-corrected chi connectivity index (χ3v) is 3.33. The first kappa shape index (κ1) is 13.7. The van der Waals surface area contributed by atoms with Crippen LogP contribution in [-0.4, -0.2) is 19.7 Å². The van der Waals surface area contributed by atoms with Crippen LogP contribution in [0.4, 0.5) is 4.39 Å². The fourth-order valence-corrected chi connectivity index (χ4v) is 2.38. The minimum Gasteiger partial charge on any atom is -0.322 e. The molecule has 3 rings (SSSR count). The van der Waals surface area contributed by atoms with Crippen LogP contribution in [0.15, 0.2) is 29.2 Å². The van der Waals surface area contributed by atoms with Gasteiger partial charge < -0.3 is 5.73 Å². The molecule has 0 aliphatic carbocycles. The predicted molar refractivity (Wildman–Crippen MR) is 77.1 cm³/mol. The highest BCUT2D eigenvalue weighted by atomic mass is 35.5. The lowest BCUT2D eigenvalue weighted by atomic mass is 10.2. The minimum absolute atomic E-state index is 0.0678. The monoisotopic (exact) mass is 307 g/mol. The number of hydrogen-bond acceptors (Lipinski definition) is 4. The van der Waals surface area contributed by atoms with Gasteiger partial charge in [-0.1, -0.05) is 11.6 Å². The van der Waals surface area contributed by atoms with E-state index in [1.165, 1.54) is 4.57 Å². The van der Waals surface area contributed by atoms with Gasteiger partial charge in [0.15, 0.2) is 5.82 Å². The summed E-state index contributed by atoms with van der Waals surface area (Å²) in [6.07, 6.45) is 1.56. The summed E-state index contributed by atoms with van der Waals surface area (Å²) in [5.74, 6) is 0.0312. The summed E-state index contributed by atoms with van der Waals surface area (Å²) < 4.78 is 14.8. The topological polar surface area (TPSA) is 89.6 Å². The van der Waals surface area contributed by atoms with Crippen molar-refractivity contribution in [3.05, 3.63) is 51.4 Å². The molecule has 0 saturated heterocycles. The Balaban J connectivity index is 2.49. The summed E-state index contributed by atoms with van der Waals surface area (Å²) in [6, 6.07) is 3.28. The Morgan fingerprint density at radius 3 is 2.86 bits per heavy atom. The normalized spacial score (nSPS) is 12.8. The number of nitrogens with two attached hydrogens (primary N) is 1. The molecule has 1 aromatic carbocycles. The van der Waals surface area contributed by atoms with E-state index in [9.17, 15) is 9.18 Å². The smallest absolute Gasteiger partial charge is 0.267 e. The number of hydrogen-bond donors (Lipinski definition) is 2. The second kappa shape index (κ2) is 4.94. The highest BCUT2D eigenvalue weighted by molar-refractivity contribution is 6.35. The Bertz CT molecular complexity index is 872. The van der Waals surface area contributed by atoms with E-state index < -0.39 is 17.4 Å². The Hall–Kier alpha value is -2.25. The molecule has 0 aliphatic rings. The summed E-state index contributed by atoms with van der Waals surface area (Å²) in [7, 11) is 0. The Morgan fingerprint density at radius 1 is 1.48 bits per heavy atom. The van der Waals surface area contributed by atoms with Crippen LogP contribution in [0.1, 0.15) is 18.8 Å². The lowest BCUT2D eigenvalue weighted by Gasteiger charge is -2.14. The summed E-state index contributed by atoms with van der Waals surface area (Å²) >= 11 is 5.97. The first-order chi connectivity index (χ1) is 9.99. The fraction of sp³-hybridized carbons (Fsp3) is 0.154. The second-order valence-electron chi connectivity index (χ2n) is 4.62. The number of nitrogens with one attached hydrogen (secondary N) is 1. The van der Waals surface area contributed by atoms with Gasteiger partial charge in [0, 0.05) is 12.3 Å². The van der Waals surface area contributed by atoms with Crippen LogP contribution >= 0.6 is 11.6 Å². The van der Waals surface area contributed by atoms with Crippen molar-refractivity contribution < 1.29 is 4.39 Å². The van der Waals surface area contributed by atoms with E-state index in [4.69, 9.17) is 17.3 Å². The van der Waals surface area contributed by atoms with Gasteiger partial charge in [0.2, 0.25) is 0 Å². The molecule has 0 amide bonds. The van der Waals surface area contributed by atoms with Gasteiger partial charge in [-0.05, 0) is 19.1 Å². The number of fused-ring (bicyclic) bond motifs is 1. The molecular weight excluding hydrogens is 297 g/mol. The van der Waals surface area contributed by atoms with Crippen molar-refractivity contribution in [1.82, 2.24) is 19.7 Å². The van der Waals surface area contributed by atoms with Crippen molar-refractivity contribution in [1.29, 1.82) is 0 Å². The van der Waals surface area contributed by atoms with Gasteiger partial charge in [-0.2, -0.15) is 5.10 Å². The average molecular weight is 308 g/mol. The molecule has 8 heteroatoms.